The van der Waals surface area contributed by atoms with Crippen LogP contribution in [0.5, 0.6) is 0 Å². The van der Waals surface area contributed by atoms with Gasteiger partial charge in [0.2, 0.25) is 0 Å². The zero-order valence-corrected chi connectivity index (χ0v) is 11.3. The highest BCUT2D eigenvalue weighted by molar-refractivity contribution is 5.82. The average Bonchev–Trinajstić information content (AvgIpc) is 2.84. The Hall–Kier alpha value is -3.10. The number of alkyl halides is 3. The first-order valence-electron chi connectivity index (χ1n) is 6.34. The lowest BCUT2D eigenvalue weighted by molar-refractivity contribution is -0.384. The number of imidazole rings is 1. The molecule has 0 atom stereocenters. The van der Waals surface area contributed by atoms with Crippen molar-refractivity contribution < 1.29 is 22.9 Å². The van der Waals surface area contributed by atoms with Crippen LogP contribution in [0.3, 0.4) is 0 Å². The Bertz CT molecular complexity index is 875. The van der Waals surface area contributed by atoms with Gasteiger partial charge in [0, 0.05) is 17.7 Å². The highest BCUT2D eigenvalue weighted by Crippen LogP contribution is 2.28. The van der Waals surface area contributed by atoms with Crippen molar-refractivity contribution in [2.45, 2.75) is 6.36 Å². The fourth-order valence-electron chi connectivity index (χ4n) is 2.12. The van der Waals surface area contributed by atoms with Gasteiger partial charge in [0.05, 0.1) is 10.4 Å². The second-order valence-corrected chi connectivity index (χ2v) is 4.56. The smallest absolute Gasteiger partial charge is 0.311 e. The van der Waals surface area contributed by atoms with Crippen molar-refractivity contribution >= 4 is 16.7 Å². The Kier molecular flexibility index (Phi) is 3.40. The van der Waals surface area contributed by atoms with E-state index in [2.05, 4.69) is 9.82 Å². The van der Waals surface area contributed by atoms with Gasteiger partial charge in [-0.3, -0.25) is 10.1 Å². The third-order valence-electron chi connectivity index (χ3n) is 3.03. The molecule has 1 heterocycles. The zero-order valence-electron chi connectivity index (χ0n) is 11.3. The second-order valence-electron chi connectivity index (χ2n) is 4.56. The van der Waals surface area contributed by atoms with Gasteiger partial charge in [0.1, 0.15) is 5.52 Å². The van der Waals surface area contributed by atoms with E-state index in [1.165, 1.54) is 12.1 Å². The van der Waals surface area contributed by atoms with Crippen molar-refractivity contribution in [1.82, 2.24) is 9.71 Å². The van der Waals surface area contributed by atoms with Crippen molar-refractivity contribution in [2.75, 3.05) is 0 Å². The van der Waals surface area contributed by atoms with Gasteiger partial charge in [-0.05, 0) is 6.07 Å². The summed E-state index contributed by atoms with van der Waals surface area (Å²) in [6.07, 6.45) is -4.97. The highest BCUT2D eigenvalue weighted by atomic mass is 19.4. The molecule has 0 unspecified atom stereocenters. The Morgan fingerprint density at radius 3 is 2.43 bits per heavy atom. The molecule has 6 nitrogen and oxygen atoms in total. The van der Waals surface area contributed by atoms with Crippen molar-refractivity contribution in [1.29, 1.82) is 0 Å². The number of aromatic nitrogens is 2. The average molecular weight is 323 g/mol. The van der Waals surface area contributed by atoms with Gasteiger partial charge in [0.25, 0.3) is 5.69 Å². The first kappa shape index (κ1) is 14.8. The van der Waals surface area contributed by atoms with Gasteiger partial charge < -0.3 is 4.84 Å². The largest absolute Gasteiger partial charge is 0.591 e. The van der Waals surface area contributed by atoms with Crippen LogP contribution in [0.15, 0.2) is 48.5 Å². The van der Waals surface area contributed by atoms with Gasteiger partial charge in [-0.25, -0.2) is 4.98 Å². The number of benzene rings is 2. The van der Waals surface area contributed by atoms with Gasteiger partial charge in [-0.1, -0.05) is 30.3 Å². The summed E-state index contributed by atoms with van der Waals surface area (Å²) in [5, 5.41) is 10.8. The van der Waals surface area contributed by atoms with Gasteiger partial charge in [0.15, 0.2) is 5.82 Å². The number of nitro benzene ring substituents is 1. The molecule has 2 aromatic carbocycles. The van der Waals surface area contributed by atoms with E-state index in [0.717, 1.165) is 6.07 Å². The normalized spacial score (nSPS) is 11.6. The lowest BCUT2D eigenvalue weighted by Gasteiger charge is -2.12. The van der Waals surface area contributed by atoms with E-state index in [-0.39, 0.29) is 22.5 Å². The minimum absolute atomic E-state index is 0.0987. The predicted molar refractivity (Wildman–Crippen MR) is 74.5 cm³/mol. The number of halogens is 3. The molecule has 0 spiro atoms. The minimum atomic E-state index is -4.97. The monoisotopic (exact) mass is 323 g/mol. The molecule has 0 N–H and O–H groups in total. The Morgan fingerprint density at radius 1 is 1.13 bits per heavy atom. The van der Waals surface area contributed by atoms with Crippen molar-refractivity contribution in [2.24, 2.45) is 0 Å². The second kappa shape index (κ2) is 5.27. The molecule has 0 radical (unpaired) electrons. The van der Waals surface area contributed by atoms with E-state index in [0.29, 0.717) is 10.3 Å². The molecule has 3 rings (SSSR count). The number of nitro groups is 1. The summed E-state index contributed by atoms with van der Waals surface area (Å²) in [6.45, 7) is 0. The number of hydrogen-bond donors (Lipinski definition) is 0. The third kappa shape index (κ3) is 2.93. The minimum Gasteiger partial charge on any atom is -0.311 e. The van der Waals surface area contributed by atoms with Crippen LogP contribution in [0.1, 0.15) is 0 Å². The van der Waals surface area contributed by atoms with E-state index >= 15 is 0 Å². The molecule has 118 valence electrons. The zero-order chi connectivity index (χ0) is 16.6. The summed E-state index contributed by atoms with van der Waals surface area (Å²) < 4.78 is 38.5. The van der Waals surface area contributed by atoms with Crippen LogP contribution in [0.4, 0.5) is 18.9 Å². The molecule has 0 bridgehead atoms. The van der Waals surface area contributed by atoms with E-state index in [1.807, 2.05) is 0 Å². The molecule has 3 aromatic rings. The first-order valence-corrected chi connectivity index (χ1v) is 6.34. The van der Waals surface area contributed by atoms with Crippen LogP contribution in [-0.2, 0) is 0 Å². The van der Waals surface area contributed by atoms with Crippen LogP contribution in [0.2, 0.25) is 0 Å². The standard InChI is InChI=1S/C14H8F3N3O3/c15-14(16,17)23-19-12-8-10(20(21)22)6-7-11(12)18-13(19)9-4-2-1-3-5-9/h1-8H. The van der Waals surface area contributed by atoms with Crippen molar-refractivity contribution in [3.05, 3.63) is 58.6 Å². The molecular formula is C14H8F3N3O3. The van der Waals surface area contributed by atoms with Crippen LogP contribution in [0.25, 0.3) is 22.4 Å². The number of nitrogens with zero attached hydrogens (tertiary/aromatic N) is 3. The Labute approximate surface area is 126 Å². The Balaban J connectivity index is 2.26. The van der Waals surface area contributed by atoms with Gasteiger partial charge in [-0.2, -0.15) is 4.73 Å². The summed E-state index contributed by atoms with van der Waals surface area (Å²) in [5.74, 6) is -0.0987. The number of hydrogen-bond acceptors (Lipinski definition) is 4. The maximum Gasteiger partial charge on any atom is 0.591 e. The molecular weight excluding hydrogens is 315 g/mol. The van der Waals surface area contributed by atoms with Crippen molar-refractivity contribution in [3.8, 4) is 11.4 Å². The fraction of sp³-hybridized carbons (Fsp3) is 0.0714. The summed E-state index contributed by atoms with van der Waals surface area (Å²) in [6, 6.07) is 11.5. The number of fused-ring (bicyclic) bond motifs is 1. The highest BCUT2D eigenvalue weighted by Gasteiger charge is 2.34. The maximum absolute atomic E-state index is 12.7. The van der Waals surface area contributed by atoms with Crippen LogP contribution < -0.4 is 4.84 Å². The van der Waals surface area contributed by atoms with E-state index < -0.39 is 11.3 Å². The molecule has 23 heavy (non-hydrogen) atoms. The van der Waals surface area contributed by atoms with Crippen LogP contribution in [0, 0.1) is 10.1 Å². The Morgan fingerprint density at radius 2 is 1.83 bits per heavy atom. The molecule has 0 aliphatic rings. The maximum atomic E-state index is 12.7. The summed E-state index contributed by atoms with van der Waals surface area (Å²) in [7, 11) is 0. The molecule has 0 fully saturated rings. The molecule has 9 heteroatoms. The lowest BCUT2D eigenvalue weighted by Crippen LogP contribution is -2.27. The summed E-state index contributed by atoms with van der Waals surface area (Å²) >= 11 is 0. The molecule has 0 saturated heterocycles. The van der Waals surface area contributed by atoms with Crippen LogP contribution in [-0.4, -0.2) is 21.0 Å². The quantitative estimate of drug-likeness (QED) is 0.546. The van der Waals surface area contributed by atoms with Crippen molar-refractivity contribution in [3.63, 3.8) is 0 Å². The van der Waals surface area contributed by atoms with E-state index in [9.17, 15) is 23.3 Å². The van der Waals surface area contributed by atoms with E-state index in [4.69, 9.17) is 0 Å². The third-order valence-corrected chi connectivity index (χ3v) is 3.03. The summed E-state index contributed by atoms with van der Waals surface area (Å²) in [4.78, 5) is 18.2. The van der Waals surface area contributed by atoms with Gasteiger partial charge >= 0.3 is 6.36 Å². The molecule has 1 aromatic heterocycles. The van der Waals surface area contributed by atoms with Gasteiger partial charge in [-0.15, -0.1) is 13.2 Å². The lowest BCUT2D eigenvalue weighted by atomic mass is 10.2. The number of rotatable bonds is 3. The van der Waals surface area contributed by atoms with E-state index in [1.54, 1.807) is 30.3 Å². The number of non-ortho nitro benzene ring substituents is 1. The molecule has 0 aliphatic heterocycles. The molecule has 0 aliphatic carbocycles. The predicted octanol–water partition coefficient (Wildman–Crippen LogP) is 3.56. The fourth-order valence-corrected chi connectivity index (χ4v) is 2.12. The summed E-state index contributed by atoms with van der Waals surface area (Å²) in [5.41, 5.74) is 0.0359. The molecule has 0 saturated carbocycles. The SMILES string of the molecule is O=[N+]([O-])c1ccc2nc(-c3ccccc3)n(OC(F)(F)F)c2c1. The topological polar surface area (TPSA) is 70.2 Å². The first-order chi connectivity index (χ1) is 10.8. The molecule has 0 amide bonds. The van der Waals surface area contributed by atoms with Crippen LogP contribution >= 0.6 is 0 Å².